The summed E-state index contributed by atoms with van der Waals surface area (Å²) in [7, 11) is 0. The second-order valence-corrected chi connectivity index (χ2v) is 2.61. The Morgan fingerprint density at radius 1 is 1.15 bits per heavy atom. The van der Waals surface area contributed by atoms with Gasteiger partial charge >= 0.3 is 0 Å². The van der Waals surface area contributed by atoms with Crippen LogP contribution < -0.4 is 10.5 Å². The molecule has 13 heavy (non-hydrogen) atoms. The Labute approximate surface area is 72.7 Å². The minimum atomic E-state index is -0.529. The molecule has 1 aromatic carbocycles. The number of fused-ring (bicyclic) bond motifs is 1. The summed E-state index contributed by atoms with van der Waals surface area (Å²) in [6.07, 6.45) is 0. The zero-order valence-corrected chi connectivity index (χ0v) is 6.46. The van der Waals surface area contributed by atoms with Crippen molar-refractivity contribution in [1.29, 1.82) is 0 Å². The molecule has 1 aliphatic rings. The maximum Gasteiger partial charge on any atom is 0.266 e. The minimum Gasteiger partial charge on any atom is -0.288 e. The van der Waals surface area contributed by atoms with E-state index in [0.717, 1.165) is 0 Å². The Kier molecular flexibility index (Phi) is 1.45. The van der Waals surface area contributed by atoms with Crippen molar-refractivity contribution >= 4 is 17.5 Å². The summed E-state index contributed by atoms with van der Waals surface area (Å²) in [4.78, 5) is 32.6. The van der Waals surface area contributed by atoms with Crippen LogP contribution in [0.3, 0.4) is 0 Å². The standard InChI is InChI=1S/C8H4N2O3/c11-7-4-2-1-3-5(10-13)6(4)8(12)9-7/h1-3H,(H,9,11,12)/p+1. The van der Waals surface area contributed by atoms with Crippen LogP contribution in [0.25, 0.3) is 0 Å². The molecule has 1 aromatic rings. The van der Waals surface area contributed by atoms with E-state index in [1.165, 1.54) is 18.2 Å². The first-order valence-corrected chi connectivity index (χ1v) is 3.61. The smallest absolute Gasteiger partial charge is 0.266 e. The molecular weight excluding hydrogens is 172 g/mol. The highest BCUT2D eigenvalue weighted by atomic mass is 16.3. The van der Waals surface area contributed by atoms with Gasteiger partial charge in [0.2, 0.25) is 0 Å². The first-order chi connectivity index (χ1) is 6.24. The van der Waals surface area contributed by atoms with E-state index in [1.807, 2.05) is 0 Å². The first-order valence-electron chi connectivity index (χ1n) is 3.61. The first kappa shape index (κ1) is 7.60. The Hall–Kier alpha value is -2.04. The van der Waals surface area contributed by atoms with Gasteiger partial charge in [0.1, 0.15) is 5.56 Å². The molecule has 0 spiro atoms. The van der Waals surface area contributed by atoms with Gasteiger partial charge < -0.3 is 0 Å². The molecule has 2 amide bonds. The third-order valence-electron chi connectivity index (χ3n) is 1.87. The van der Waals surface area contributed by atoms with Crippen molar-refractivity contribution in [3.63, 3.8) is 0 Å². The van der Waals surface area contributed by atoms with Gasteiger partial charge in [0.15, 0.2) is 0 Å². The van der Waals surface area contributed by atoms with Gasteiger partial charge in [0.25, 0.3) is 17.5 Å². The van der Waals surface area contributed by atoms with Gasteiger partial charge in [-0.05, 0) is 6.07 Å². The number of hydrogen-bond acceptors (Lipinski definition) is 3. The summed E-state index contributed by atoms with van der Waals surface area (Å²) >= 11 is 0. The largest absolute Gasteiger partial charge is 0.288 e. The summed E-state index contributed by atoms with van der Waals surface area (Å²) in [6, 6.07) is 4.48. The van der Waals surface area contributed by atoms with Crippen molar-refractivity contribution < 1.29 is 14.8 Å². The van der Waals surface area contributed by atoms with Gasteiger partial charge in [-0.2, -0.15) is 0 Å². The fraction of sp³-hybridized carbons (Fsp3) is 0. The zero-order chi connectivity index (χ0) is 9.42. The number of carbonyl (C=O) groups is 2. The average Bonchev–Trinajstić information content (AvgIpc) is 2.43. The number of imide groups is 1. The van der Waals surface area contributed by atoms with E-state index >= 15 is 0 Å². The van der Waals surface area contributed by atoms with Crippen LogP contribution >= 0.6 is 0 Å². The quantitative estimate of drug-likeness (QED) is 0.543. The summed E-state index contributed by atoms with van der Waals surface area (Å²) < 4.78 is 0. The summed E-state index contributed by atoms with van der Waals surface area (Å²) in [5, 5.41) is 3.72. The molecule has 0 radical (unpaired) electrons. The highest BCUT2D eigenvalue weighted by Gasteiger charge is 2.32. The van der Waals surface area contributed by atoms with Gasteiger partial charge in [0.05, 0.1) is 5.56 Å². The minimum absolute atomic E-state index is 0.126. The molecule has 1 heterocycles. The van der Waals surface area contributed by atoms with Crippen LogP contribution in [0, 0.1) is 4.91 Å². The molecule has 0 atom stereocenters. The molecule has 0 bridgehead atoms. The molecule has 5 heteroatoms. The Balaban J connectivity index is 2.75. The molecule has 0 aliphatic carbocycles. The molecular formula is C8H5N2O3+. The molecule has 0 saturated carbocycles. The topological polar surface area (TPSA) is 77.2 Å². The molecule has 0 unspecified atom stereocenters. The maximum atomic E-state index is 11.1. The van der Waals surface area contributed by atoms with Crippen LogP contribution in [0.2, 0.25) is 0 Å². The van der Waals surface area contributed by atoms with Crippen molar-refractivity contribution in [2.75, 3.05) is 0 Å². The van der Waals surface area contributed by atoms with Crippen molar-refractivity contribution in [3.8, 4) is 0 Å². The van der Waals surface area contributed by atoms with Gasteiger partial charge in [-0.25, -0.2) is 0 Å². The summed E-state index contributed by atoms with van der Waals surface area (Å²) in [5.74, 6) is -0.990. The fourth-order valence-electron chi connectivity index (χ4n) is 1.30. The molecule has 2 rings (SSSR count). The molecule has 1 aliphatic heterocycles. The predicted molar refractivity (Wildman–Crippen MR) is 42.2 cm³/mol. The van der Waals surface area contributed by atoms with Gasteiger partial charge in [-0.1, -0.05) is 6.07 Å². The number of hydrogen-bond donors (Lipinski definition) is 2. The van der Waals surface area contributed by atoms with Gasteiger partial charge in [0, 0.05) is 16.2 Å². The molecule has 0 fully saturated rings. The summed E-state index contributed by atoms with van der Waals surface area (Å²) in [6.45, 7) is 0. The third kappa shape index (κ3) is 0.936. The van der Waals surface area contributed by atoms with E-state index in [-0.39, 0.29) is 16.8 Å². The average molecular weight is 177 g/mol. The van der Waals surface area contributed by atoms with Crippen LogP contribution in [0.4, 0.5) is 5.69 Å². The van der Waals surface area contributed by atoms with Crippen LogP contribution in [0.15, 0.2) is 18.2 Å². The lowest BCUT2D eigenvalue weighted by molar-refractivity contribution is -0.379. The van der Waals surface area contributed by atoms with Gasteiger partial charge in [-0.3, -0.25) is 14.9 Å². The predicted octanol–water partition coefficient (Wildman–Crippen LogP) is -0.951. The van der Waals surface area contributed by atoms with E-state index in [2.05, 4.69) is 5.32 Å². The monoisotopic (exact) mass is 177 g/mol. The van der Waals surface area contributed by atoms with Crippen molar-refractivity contribution in [2.24, 2.45) is 0 Å². The van der Waals surface area contributed by atoms with Crippen molar-refractivity contribution in [1.82, 2.24) is 5.32 Å². The Morgan fingerprint density at radius 3 is 2.62 bits per heavy atom. The normalized spacial score (nSPS) is 13.8. The number of amides is 2. The molecule has 64 valence electrons. The SMILES string of the molecule is O=[NH+]c1cccc2c1C(=O)NC2=O. The Bertz CT molecular complexity index is 425. The lowest BCUT2D eigenvalue weighted by Crippen LogP contribution is -2.56. The van der Waals surface area contributed by atoms with Crippen LogP contribution in [-0.4, -0.2) is 11.8 Å². The highest BCUT2D eigenvalue weighted by molar-refractivity contribution is 6.23. The second kappa shape index (κ2) is 2.48. The Morgan fingerprint density at radius 2 is 1.92 bits per heavy atom. The van der Waals surface area contributed by atoms with E-state index in [0.29, 0.717) is 0 Å². The number of rotatable bonds is 1. The number of benzene rings is 1. The zero-order valence-electron chi connectivity index (χ0n) is 6.46. The second-order valence-electron chi connectivity index (χ2n) is 2.61. The molecule has 2 N–H and O–H groups in total. The fourth-order valence-corrected chi connectivity index (χ4v) is 1.30. The number of nitroso groups, excluding NO2 is 1. The van der Waals surface area contributed by atoms with Crippen molar-refractivity contribution in [2.45, 2.75) is 0 Å². The van der Waals surface area contributed by atoms with Crippen LogP contribution in [-0.2, 0) is 0 Å². The lowest BCUT2D eigenvalue weighted by atomic mass is 10.1. The molecule has 0 saturated heterocycles. The van der Waals surface area contributed by atoms with E-state index in [1.54, 1.807) is 5.18 Å². The van der Waals surface area contributed by atoms with Crippen molar-refractivity contribution in [3.05, 3.63) is 34.2 Å². The maximum absolute atomic E-state index is 11.1. The van der Waals surface area contributed by atoms with E-state index in [4.69, 9.17) is 0 Å². The summed E-state index contributed by atoms with van der Waals surface area (Å²) in [5.41, 5.74) is 0.495. The lowest BCUT2D eigenvalue weighted by Gasteiger charge is -1.89. The van der Waals surface area contributed by atoms with Crippen LogP contribution in [0.1, 0.15) is 20.7 Å². The molecule has 0 aromatic heterocycles. The van der Waals surface area contributed by atoms with Gasteiger partial charge in [-0.15, -0.1) is 0 Å². The molecule has 5 nitrogen and oxygen atoms in total. The highest BCUT2D eigenvalue weighted by Crippen LogP contribution is 2.20. The van der Waals surface area contributed by atoms with Crippen LogP contribution in [0.5, 0.6) is 0 Å². The third-order valence-corrected chi connectivity index (χ3v) is 1.87. The number of nitrogens with one attached hydrogen (secondary N) is 2. The van der Waals surface area contributed by atoms with E-state index in [9.17, 15) is 14.5 Å². The number of carbonyl (C=O) groups excluding carboxylic acids is 2. The van der Waals surface area contributed by atoms with E-state index < -0.39 is 11.8 Å².